The lowest BCUT2D eigenvalue weighted by Gasteiger charge is -2.19. The zero-order valence-electron chi connectivity index (χ0n) is 14.1. The second-order valence-electron chi connectivity index (χ2n) is 5.67. The van der Waals surface area contributed by atoms with Crippen LogP contribution in [0.5, 0.6) is 0 Å². The summed E-state index contributed by atoms with van der Waals surface area (Å²) in [5.74, 6) is -0.404. The van der Waals surface area contributed by atoms with Gasteiger partial charge in [-0.05, 0) is 25.3 Å². The molecule has 1 amide bonds. The summed E-state index contributed by atoms with van der Waals surface area (Å²) in [6.07, 6.45) is 1.19. The third kappa shape index (κ3) is 4.36. The number of hydrogen-bond donors (Lipinski definition) is 0. The van der Waals surface area contributed by atoms with Crippen molar-refractivity contribution in [3.8, 4) is 0 Å². The number of fused-ring (bicyclic) bond motifs is 1. The summed E-state index contributed by atoms with van der Waals surface area (Å²) in [4.78, 5) is 31.2. The highest BCUT2D eigenvalue weighted by molar-refractivity contribution is 7.13. The summed E-state index contributed by atoms with van der Waals surface area (Å²) in [5.41, 5.74) is 1.83. The Labute approximate surface area is 150 Å². The van der Waals surface area contributed by atoms with Gasteiger partial charge in [0.1, 0.15) is 6.61 Å². The van der Waals surface area contributed by atoms with Crippen LogP contribution in [0.4, 0.5) is 4.79 Å². The minimum atomic E-state index is -0.404. The van der Waals surface area contributed by atoms with Crippen LogP contribution in [0.25, 0.3) is 0 Å². The van der Waals surface area contributed by atoms with E-state index in [9.17, 15) is 9.59 Å². The fraction of sp³-hybridized carbons (Fsp3) is 0.389. The Bertz CT molecular complexity index is 745. The highest BCUT2D eigenvalue weighted by atomic mass is 32.1. The second kappa shape index (κ2) is 8.11. The van der Waals surface area contributed by atoms with Gasteiger partial charge >= 0.3 is 12.1 Å². The Hall–Kier alpha value is -2.41. The summed E-state index contributed by atoms with van der Waals surface area (Å²) in [5, 5.41) is 0.353. The highest BCUT2D eigenvalue weighted by Gasteiger charge is 2.25. The second-order valence-corrected chi connectivity index (χ2v) is 6.76. The Morgan fingerprint density at radius 2 is 2.04 bits per heavy atom. The molecule has 0 spiro atoms. The van der Waals surface area contributed by atoms with E-state index in [1.54, 1.807) is 11.8 Å². The quantitative estimate of drug-likeness (QED) is 0.782. The smallest absolute Gasteiger partial charge is 0.410 e. The van der Waals surface area contributed by atoms with Crippen LogP contribution >= 0.6 is 11.3 Å². The summed E-state index contributed by atoms with van der Waals surface area (Å²) in [7, 11) is 0. The first-order valence-corrected chi connectivity index (χ1v) is 9.10. The van der Waals surface area contributed by atoms with Gasteiger partial charge in [0.05, 0.1) is 18.8 Å². The largest absolute Gasteiger partial charge is 0.461 e. The molecule has 3 rings (SSSR count). The minimum Gasteiger partial charge on any atom is -0.461 e. The van der Waals surface area contributed by atoms with Crippen molar-refractivity contribution in [2.24, 2.45) is 0 Å². The van der Waals surface area contributed by atoms with E-state index >= 15 is 0 Å². The maximum absolute atomic E-state index is 12.4. The van der Waals surface area contributed by atoms with Crippen LogP contribution in [-0.2, 0) is 29.0 Å². The molecule has 1 aliphatic rings. The molecule has 2 heterocycles. The average Bonchev–Trinajstić information content (AvgIpc) is 2.92. The van der Waals surface area contributed by atoms with Crippen LogP contribution < -0.4 is 0 Å². The molecule has 25 heavy (non-hydrogen) atoms. The molecule has 1 aromatic heterocycles. The first-order valence-electron chi connectivity index (χ1n) is 8.28. The van der Waals surface area contributed by atoms with Gasteiger partial charge in [-0.25, -0.2) is 14.6 Å². The molecule has 132 valence electrons. The van der Waals surface area contributed by atoms with Crippen molar-refractivity contribution in [2.75, 3.05) is 13.2 Å². The number of thiazole rings is 1. The molecule has 0 saturated carbocycles. The fourth-order valence-corrected chi connectivity index (χ4v) is 3.66. The van der Waals surface area contributed by atoms with Gasteiger partial charge in [-0.3, -0.25) is 0 Å². The lowest BCUT2D eigenvalue weighted by Crippen LogP contribution is -2.31. The van der Waals surface area contributed by atoms with E-state index in [0.717, 1.165) is 29.0 Å². The molecule has 6 nitrogen and oxygen atoms in total. The molecule has 0 bridgehead atoms. The fourth-order valence-electron chi connectivity index (χ4n) is 2.64. The normalized spacial score (nSPS) is 13.7. The van der Waals surface area contributed by atoms with Crippen molar-refractivity contribution in [3.05, 3.63) is 51.5 Å². The molecule has 1 aliphatic heterocycles. The number of amides is 1. The van der Waals surface area contributed by atoms with Gasteiger partial charge in [-0.2, -0.15) is 0 Å². The summed E-state index contributed by atoms with van der Waals surface area (Å²) >= 11 is 1.30. The predicted molar refractivity (Wildman–Crippen MR) is 93.4 cm³/mol. The number of carbonyl (C=O) groups excluding carboxylic acids is 2. The van der Waals surface area contributed by atoms with E-state index in [4.69, 9.17) is 9.47 Å². The zero-order valence-corrected chi connectivity index (χ0v) is 14.9. The SMILES string of the molecule is CCOC(=O)c1nc2c(s1)CN(C(=O)OCc1ccccc1)CCC2. The monoisotopic (exact) mass is 360 g/mol. The first kappa shape index (κ1) is 17.4. The number of hydrogen-bond acceptors (Lipinski definition) is 6. The van der Waals surface area contributed by atoms with Crippen molar-refractivity contribution >= 4 is 23.4 Å². The summed E-state index contributed by atoms with van der Waals surface area (Å²) in [6, 6.07) is 9.59. The van der Waals surface area contributed by atoms with Crippen LogP contribution in [0.15, 0.2) is 30.3 Å². The molecule has 0 aliphatic carbocycles. The minimum absolute atomic E-state index is 0.250. The van der Waals surface area contributed by atoms with Gasteiger partial charge in [0.15, 0.2) is 0 Å². The maximum atomic E-state index is 12.4. The molecule has 7 heteroatoms. The van der Waals surface area contributed by atoms with Crippen LogP contribution in [0.3, 0.4) is 0 Å². The van der Waals surface area contributed by atoms with E-state index in [2.05, 4.69) is 4.98 Å². The molecule has 0 unspecified atom stereocenters. The van der Waals surface area contributed by atoms with Crippen molar-refractivity contribution in [2.45, 2.75) is 32.9 Å². The van der Waals surface area contributed by atoms with Crippen molar-refractivity contribution in [1.29, 1.82) is 0 Å². The van der Waals surface area contributed by atoms with Crippen LogP contribution in [-0.4, -0.2) is 35.1 Å². The average molecular weight is 360 g/mol. The van der Waals surface area contributed by atoms with Crippen LogP contribution in [0.2, 0.25) is 0 Å². The van der Waals surface area contributed by atoms with E-state index in [0.29, 0.717) is 24.7 Å². The number of aryl methyl sites for hydroxylation is 1. The van der Waals surface area contributed by atoms with Gasteiger partial charge in [-0.1, -0.05) is 30.3 Å². The predicted octanol–water partition coefficient (Wildman–Crippen LogP) is 3.40. The van der Waals surface area contributed by atoms with E-state index in [-0.39, 0.29) is 12.7 Å². The lowest BCUT2D eigenvalue weighted by atomic mass is 10.2. The highest BCUT2D eigenvalue weighted by Crippen LogP contribution is 2.26. The zero-order chi connectivity index (χ0) is 17.6. The van der Waals surface area contributed by atoms with Crippen LogP contribution in [0.1, 0.15) is 39.3 Å². The molecule has 0 radical (unpaired) electrons. The van der Waals surface area contributed by atoms with Gasteiger partial charge in [0.2, 0.25) is 5.01 Å². The number of benzene rings is 1. The van der Waals surface area contributed by atoms with Gasteiger partial charge in [0, 0.05) is 11.4 Å². The number of carbonyl (C=O) groups is 2. The van der Waals surface area contributed by atoms with E-state index < -0.39 is 5.97 Å². The topological polar surface area (TPSA) is 68.7 Å². The van der Waals surface area contributed by atoms with Gasteiger partial charge in [0.25, 0.3) is 0 Å². The molecule has 0 saturated heterocycles. The van der Waals surface area contributed by atoms with E-state index in [1.165, 1.54) is 11.3 Å². The number of ether oxygens (including phenoxy) is 2. The molecule has 2 aromatic rings. The Kier molecular flexibility index (Phi) is 5.65. The molecule has 1 aromatic carbocycles. The Balaban J connectivity index is 1.64. The molecule has 0 N–H and O–H groups in total. The number of aromatic nitrogens is 1. The summed E-state index contributed by atoms with van der Waals surface area (Å²) < 4.78 is 10.4. The van der Waals surface area contributed by atoms with Gasteiger partial charge in [-0.15, -0.1) is 11.3 Å². The van der Waals surface area contributed by atoms with Crippen molar-refractivity contribution < 1.29 is 19.1 Å². The molecule has 0 atom stereocenters. The van der Waals surface area contributed by atoms with Crippen LogP contribution in [0, 0.1) is 0 Å². The molecular formula is C18H20N2O4S. The molecule has 0 fully saturated rings. The number of esters is 1. The standard InChI is InChI=1S/C18H20N2O4S/c1-2-23-17(21)16-19-14-9-6-10-20(11-15(14)25-16)18(22)24-12-13-7-4-3-5-8-13/h3-5,7-8H,2,6,9-12H2,1H3. The van der Waals surface area contributed by atoms with Crippen molar-refractivity contribution in [3.63, 3.8) is 0 Å². The number of nitrogens with zero attached hydrogens (tertiary/aromatic N) is 2. The maximum Gasteiger partial charge on any atom is 0.410 e. The van der Waals surface area contributed by atoms with E-state index in [1.807, 2.05) is 30.3 Å². The summed E-state index contributed by atoms with van der Waals surface area (Å²) in [6.45, 7) is 3.37. The first-order chi connectivity index (χ1) is 12.2. The Morgan fingerprint density at radius 3 is 2.80 bits per heavy atom. The van der Waals surface area contributed by atoms with Gasteiger partial charge < -0.3 is 14.4 Å². The Morgan fingerprint density at radius 1 is 1.24 bits per heavy atom. The third-order valence-electron chi connectivity index (χ3n) is 3.87. The lowest BCUT2D eigenvalue weighted by molar-refractivity contribution is 0.0525. The van der Waals surface area contributed by atoms with Crippen molar-refractivity contribution in [1.82, 2.24) is 9.88 Å². The number of rotatable bonds is 4. The molecular weight excluding hydrogens is 340 g/mol. The third-order valence-corrected chi connectivity index (χ3v) is 4.93.